The van der Waals surface area contributed by atoms with Gasteiger partial charge in [-0.05, 0) is 107 Å². The van der Waals surface area contributed by atoms with Crippen LogP contribution in [0, 0.1) is 27.7 Å². The van der Waals surface area contributed by atoms with Crippen LogP contribution in [0.25, 0.3) is 32.9 Å². The first-order valence-electron chi connectivity index (χ1n) is 17.0. The number of aryl methyl sites for hydroxylation is 6. The Hall–Kier alpha value is -4.53. The number of halogens is 2. The van der Waals surface area contributed by atoms with E-state index in [-0.39, 0.29) is 17.7 Å². The molecule has 0 spiro atoms. The number of hydrogen-bond acceptors (Lipinski definition) is 4. The fourth-order valence-corrected chi connectivity index (χ4v) is 8.10. The number of ketones is 1. The first-order chi connectivity index (χ1) is 23.8. The minimum Gasteiger partial charge on any atom is -0.494 e. The second-order valence-electron chi connectivity index (χ2n) is 13.7. The van der Waals surface area contributed by atoms with Crippen LogP contribution < -0.4 is 9.64 Å². The number of carbonyl (C=O) groups excluding carboxylic acids is 2. The number of benzene rings is 3. The van der Waals surface area contributed by atoms with Gasteiger partial charge in [-0.3, -0.25) is 14.3 Å². The molecular weight excluding hydrogens is 669 g/mol. The molecule has 0 saturated heterocycles. The predicted molar refractivity (Wildman–Crippen MR) is 203 cm³/mol. The topological polar surface area (TPSA) is 74.3 Å². The molecule has 50 heavy (non-hydrogen) atoms. The highest BCUT2D eigenvalue weighted by Crippen LogP contribution is 2.45. The van der Waals surface area contributed by atoms with E-state index in [0.29, 0.717) is 42.3 Å². The molecule has 3 aromatic carbocycles. The van der Waals surface area contributed by atoms with Gasteiger partial charge < -0.3 is 18.8 Å². The standard InChI is InChI=1S/C40H41Cl2N5O3/c1-21-16-28(17-22(2)37(21)42)50-15-9-10-29-30-12-13-32(41)36(35-24(4)43-45(8)25(35)5)38(30)47-23(3)19-46(40(49)39(29)47)34-20-44(7)33-14-11-27(26(6)48)18-31(33)34/h11-14,16-18,20,23H,9-10,15,19H2,1-8H3/t23-/m1/s1. The largest absolute Gasteiger partial charge is 0.494 e. The summed E-state index contributed by atoms with van der Waals surface area (Å²) in [4.78, 5) is 29.2. The zero-order valence-corrected chi connectivity index (χ0v) is 31.3. The van der Waals surface area contributed by atoms with E-state index in [1.807, 2.05) is 91.6 Å². The van der Waals surface area contributed by atoms with Crippen molar-refractivity contribution >= 4 is 62.4 Å². The van der Waals surface area contributed by atoms with E-state index in [0.717, 1.165) is 77.5 Å². The van der Waals surface area contributed by atoms with Gasteiger partial charge >= 0.3 is 0 Å². The maximum absolute atomic E-state index is 15.0. The average Bonchev–Trinajstić information content (AvgIpc) is 3.67. The monoisotopic (exact) mass is 709 g/mol. The van der Waals surface area contributed by atoms with Gasteiger partial charge in [-0.25, -0.2) is 0 Å². The van der Waals surface area contributed by atoms with E-state index in [4.69, 9.17) is 33.0 Å². The third kappa shape index (κ3) is 5.40. The van der Waals surface area contributed by atoms with Crippen LogP contribution in [0.3, 0.4) is 0 Å². The maximum Gasteiger partial charge on any atom is 0.275 e. The molecule has 8 nitrogen and oxygen atoms in total. The summed E-state index contributed by atoms with van der Waals surface area (Å²) in [6, 6.07) is 13.5. The van der Waals surface area contributed by atoms with Crippen molar-refractivity contribution in [2.45, 2.75) is 60.4 Å². The SMILES string of the molecule is CC(=O)c1ccc2c(c1)c(N1C[C@@H](C)n3c(c(CCCOc4cc(C)c(Cl)c(C)c4)c4ccc(Cl)c(-c5c(C)nn(C)c5C)c43)C1=O)cn2C. The Morgan fingerprint density at radius 3 is 2.36 bits per heavy atom. The number of hydrogen-bond donors (Lipinski definition) is 0. The molecule has 3 aromatic heterocycles. The average molecular weight is 711 g/mol. The van der Waals surface area contributed by atoms with E-state index in [1.165, 1.54) is 0 Å². The Morgan fingerprint density at radius 1 is 0.980 bits per heavy atom. The van der Waals surface area contributed by atoms with Gasteiger partial charge in [0.2, 0.25) is 0 Å². The van der Waals surface area contributed by atoms with E-state index in [2.05, 4.69) is 24.5 Å². The summed E-state index contributed by atoms with van der Waals surface area (Å²) in [5.41, 5.74) is 10.6. The molecule has 0 fully saturated rings. The van der Waals surface area contributed by atoms with Crippen LogP contribution in [-0.2, 0) is 20.5 Å². The van der Waals surface area contributed by atoms with Crippen molar-refractivity contribution in [3.8, 4) is 16.9 Å². The minimum absolute atomic E-state index is 0.0148. The number of ether oxygens (including phenoxy) is 1. The Morgan fingerprint density at radius 2 is 1.70 bits per heavy atom. The van der Waals surface area contributed by atoms with Crippen molar-refractivity contribution in [3.05, 3.63) is 98.0 Å². The molecule has 0 N–H and O–H groups in total. The van der Waals surface area contributed by atoms with Crippen LogP contribution >= 0.6 is 23.2 Å². The molecule has 0 unspecified atom stereocenters. The lowest BCUT2D eigenvalue weighted by Crippen LogP contribution is -2.42. The van der Waals surface area contributed by atoms with Crippen LogP contribution in [0.1, 0.15) is 75.2 Å². The lowest BCUT2D eigenvalue weighted by molar-refractivity contribution is 0.0957. The predicted octanol–water partition coefficient (Wildman–Crippen LogP) is 9.51. The molecule has 1 aliphatic rings. The quantitative estimate of drug-likeness (QED) is 0.117. The Balaban J connectivity index is 1.38. The highest BCUT2D eigenvalue weighted by Gasteiger charge is 2.37. The Kier molecular flexibility index (Phi) is 8.59. The summed E-state index contributed by atoms with van der Waals surface area (Å²) >= 11 is 13.5. The van der Waals surface area contributed by atoms with Crippen LogP contribution in [0.4, 0.5) is 5.69 Å². The Bertz CT molecular complexity index is 2360. The molecule has 1 amide bonds. The second-order valence-corrected chi connectivity index (χ2v) is 14.5. The van der Waals surface area contributed by atoms with Gasteiger partial charge in [0.05, 0.1) is 28.5 Å². The number of anilines is 1. The van der Waals surface area contributed by atoms with E-state index < -0.39 is 0 Å². The molecular formula is C40H41Cl2N5O3. The Labute approximate surface area is 302 Å². The molecule has 4 heterocycles. The molecule has 0 bridgehead atoms. The summed E-state index contributed by atoms with van der Waals surface area (Å²) in [5.74, 6) is 0.683. The first kappa shape index (κ1) is 33.9. The fourth-order valence-electron chi connectivity index (χ4n) is 7.74. The third-order valence-corrected chi connectivity index (χ3v) is 11.1. The zero-order valence-electron chi connectivity index (χ0n) is 29.7. The first-order valence-corrected chi connectivity index (χ1v) is 17.7. The smallest absolute Gasteiger partial charge is 0.275 e. The molecule has 1 aliphatic heterocycles. The number of carbonyl (C=O) groups is 2. The van der Waals surface area contributed by atoms with Crippen LogP contribution in [0.5, 0.6) is 5.75 Å². The van der Waals surface area contributed by atoms with Gasteiger partial charge in [-0.1, -0.05) is 29.3 Å². The minimum atomic E-state index is -0.0871. The highest BCUT2D eigenvalue weighted by atomic mass is 35.5. The second kappa shape index (κ2) is 12.7. The number of fused-ring (bicyclic) bond motifs is 4. The summed E-state index contributed by atoms with van der Waals surface area (Å²) in [6.45, 7) is 12.6. The van der Waals surface area contributed by atoms with Crippen LogP contribution in [0.2, 0.25) is 10.0 Å². The molecule has 10 heteroatoms. The van der Waals surface area contributed by atoms with Crippen molar-refractivity contribution in [2.75, 3.05) is 18.1 Å². The molecule has 0 radical (unpaired) electrons. The van der Waals surface area contributed by atoms with Gasteiger partial charge in [-0.2, -0.15) is 5.10 Å². The summed E-state index contributed by atoms with van der Waals surface area (Å²) in [6.07, 6.45) is 3.30. The summed E-state index contributed by atoms with van der Waals surface area (Å²) in [7, 11) is 3.91. The number of amides is 1. The highest BCUT2D eigenvalue weighted by molar-refractivity contribution is 6.35. The lowest BCUT2D eigenvalue weighted by atomic mass is 9.98. The molecule has 258 valence electrons. The van der Waals surface area contributed by atoms with Crippen molar-refractivity contribution in [1.29, 1.82) is 0 Å². The normalized spacial score (nSPS) is 14.6. The van der Waals surface area contributed by atoms with Crippen molar-refractivity contribution in [3.63, 3.8) is 0 Å². The zero-order chi connectivity index (χ0) is 35.8. The molecule has 6 aromatic rings. The van der Waals surface area contributed by atoms with Crippen LogP contribution in [0.15, 0.2) is 48.7 Å². The fraction of sp³-hybridized carbons (Fsp3) is 0.325. The van der Waals surface area contributed by atoms with Crippen molar-refractivity contribution in [2.24, 2.45) is 14.1 Å². The van der Waals surface area contributed by atoms with E-state index in [9.17, 15) is 9.59 Å². The van der Waals surface area contributed by atoms with E-state index >= 15 is 0 Å². The molecule has 0 saturated carbocycles. The van der Waals surface area contributed by atoms with Gasteiger partial charge in [0.25, 0.3) is 5.91 Å². The molecule has 0 aliphatic carbocycles. The van der Waals surface area contributed by atoms with Crippen molar-refractivity contribution in [1.82, 2.24) is 18.9 Å². The van der Waals surface area contributed by atoms with Gasteiger partial charge in [-0.15, -0.1) is 0 Å². The van der Waals surface area contributed by atoms with Gasteiger partial charge in [0.15, 0.2) is 5.78 Å². The van der Waals surface area contributed by atoms with Gasteiger partial charge in [0, 0.05) is 76.6 Å². The molecule has 1 atom stereocenters. The number of Topliss-reactive ketones (excluding diaryl/α,β-unsaturated/α-hetero) is 1. The number of aromatic nitrogens is 4. The summed E-state index contributed by atoms with van der Waals surface area (Å²) in [5, 5.41) is 7.96. The number of rotatable bonds is 8. The third-order valence-electron chi connectivity index (χ3n) is 10.2. The van der Waals surface area contributed by atoms with Crippen molar-refractivity contribution < 1.29 is 14.3 Å². The number of nitrogens with zero attached hydrogens (tertiary/aromatic N) is 5. The lowest BCUT2D eigenvalue weighted by Gasteiger charge is -2.34. The molecule has 7 rings (SSSR count). The summed E-state index contributed by atoms with van der Waals surface area (Å²) < 4.78 is 12.3. The van der Waals surface area contributed by atoms with Crippen LogP contribution in [-0.4, -0.2) is 43.8 Å². The maximum atomic E-state index is 15.0. The van der Waals surface area contributed by atoms with E-state index in [1.54, 1.807) is 6.92 Å². The van der Waals surface area contributed by atoms with Gasteiger partial charge in [0.1, 0.15) is 11.4 Å².